The zero-order chi connectivity index (χ0) is 24.6. The molecule has 2 aromatic carbocycles. The van der Waals surface area contributed by atoms with E-state index in [9.17, 15) is 4.79 Å². The number of hydrogen-bond donors (Lipinski definition) is 1. The van der Waals surface area contributed by atoms with Gasteiger partial charge in [0.05, 0.1) is 11.4 Å². The van der Waals surface area contributed by atoms with Crippen LogP contribution in [0.1, 0.15) is 28.9 Å². The van der Waals surface area contributed by atoms with Gasteiger partial charge < -0.3 is 10.2 Å². The van der Waals surface area contributed by atoms with E-state index in [0.717, 1.165) is 67.9 Å². The van der Waals surface area contributed by atoms with Gasteiger partial charge in [0.2, 0.25) is 5.91 Å². The third kappa shape index (κ3) is 7.16. The number of carbonyl (C=O) groups excluding carboxylic acids is 1. The van der Waals surface area contributed by atoms with Crippen molar-refractivity contribution in [1.29, 1.82) is 0 Å². The van der Waals surface area contributed by atoms with Gasteiger partial charge in [0.15, 0.2) is 5.16 Å². The lowest BCUT2D eigenvalue weighted by molar-refractivity contribution is -0.118. The molecule has 1 saturated heterocycles. The molecule has 3 aromatic rings. The Morgan fingerprint density at radius 1 is 0.971 bits per heavy atom. The Hall–Kier alpha value is -2.68. The first-order valence-electron chi connectivity index (χ1n) is 12.4. The van der Waals surface area contributed by atoms with Crippen molar-refractivity contribution in [2.45, 2.75) is 38.9 Å². The number of aryl methyl sites for hydroxylation is 3. The second kappa shape index (κ2) is 12.3. The lowest BCUT2D eigenvalue weighted by Crippen LogP contribution is -2.46. The smallest absolute Gasteiger partial charge is 0.230 e. The summed E-state index contributed by atoms with van der Waals surface area (Å²) in [6.45, 7) is 13.2. The number of hydrogen-bond acceptors (Lipinski definition) is 6. The van der Waals surface area contributed by atoms with Gasteiger partial charge in [-0.15, -0.1) is 10.2 Å². The van der Waals surface area contributed by atoms with Crippen LogP contribution in [0.2, 0.25) is 0 Å². The van der Waals surface area contributed by atoms with Crippen LogP contribution in [0.25, 0.3) is 5.69 Å². The number of aromatic nitrogens is 3. The Kier molecular flexibility index (Phi) is 8.95. The molecule has 0 radical (unpaired) electrons. The number of amides is 1. The second-order valence-electron chi connectivity index (χ2n) is 9.25. The maximum absolute atomic E-state index is 12.5. The SMILES string of the molecule is Cc1ccc(C)c(-n2c(C)nnc2SCC(=O)NCCCN2CCN(Cc3ccccc3)CC2)c1. The predicted octanol–water partition coefficient (Wildman–Crippen LogP) is 3.61. The number of nitrogens with zero attached hydrogens (tertiary/aromatic N) is 5. The molecule has 2 heterocycles. The highest BCUT2D eigenvalue weighted by Crippen LogP contribution is 2.24. The number of rotatable bonds is 10. The van der Waals surface area contributed by atoms with Crippen molar-refractivity contribution in [3.05, 3.63) is 71.0 Å². The van der Waals surface area contributed by atoms with Crippen LogP contribution in [-0.2, 0) is 11.3 Å². The van der Waals surface area contributed by atoms with E-state index in [1.165, 1.54) is 22.9 Å². The first kappa shape index (κ1) is 25.4. The summed E-state index contributed by atoms with van der Waals surface area (Å²) in [7, 11) is 0. The average molecular weight is 493 g/mol. The molecule has 1 fully saturated rings. The van der Waals surface area contributed by atoms with E-state index >= 15 is 0 Å². The van der Waals surface area contributed by atoms with E-state index in [1.54, 1.807) is 0 Å². The molecule has 0 spiro atoms. The number of nitrogens with one attached hydrogen (secondary N) is 1. The molecule has 8 heteroatoms. The summed E-state index contributed by atoms with van der Waals surface area (Å²) in [6.07, 6.45) is 0.965. The molecule has 0 atom stereocenters. The van der Waals surface area contributed by atoms with E-state index in [0.29, 0.717) is 12.3 Å². The Morgan fingerprint density at radius 2 is 1.71 bits per heavy atom. The van der Waals surface area contributed by atoms with Gasteiger partial charge in [-0.2, -0.15) is 0 Å². The maximum Gasteiger partial charge on any atom is 0.230 e. The molecule has 4 rings (SSSR count). The van der Waals surface area contributed by atoms with Crippen molar-refractivity contribution in [3.63, 3.8) is 0 Å². The molecule has 1 N–H and O–H groups in total. The van der Waals surface area contributed by atoms with Gasteiger partial charge in [-0.1, -0.05) is 54.2 Å². The summed E-state index contributed by atoms with van der Waals surface area (Å²) in [5.74, 6) is 1.20. The highest BCUT2D eigenvalue weighted by atomic mass is 32.2. The maximum atomic E-state index is 12.5. The van der Waals surface area contributed by atoms with Crippen LogP contribution in [-0.4, -0.2) is 75.5 Å². The molecular weight excluding hydrogens is 456 g/mol. The van der Waals surface area contributed by atoms with Crippen LogP contribution >= 0.6 is 11.8 Å². The van der Waals surface area contributed by atoms with E-state index in [4.69, 9.17) is 0 Å². The summed E-state index contributed by atoms with van der Waals surface area (Å²) in [6, 6.07) is 17.0. The molecule has 35 heavy (non-hydrogen) atoms. The molecule has 0 bridgehead atoms. The molecular formula is C27H36N6OS. The number of thioether (sulfide) groups is 1. The molecule has 186 valence electrons. The van der Waals surface area contributed by atoms with E-state index in [-0.39, 0.29) is 5.91 Å². The average Bonchev–Trinajstić information content (AvgIpc) is 3.23. The fourth-order valence-corrected chi connectivity index (χ4v) is 5.22. The van der Waals surface area contributed by atoms with Crippen LogP contribution in [0, 0.1) is 20.8 Å². The molecule has 0 unspecified atom stereocenters. The number of benzene rings is 2. The second-order valence-corrected chi connectivity index (χ2v) is 10.2. The van der Waals surface area contributed by atoms with Crippen LogP contribution < -0.4 is 5.32 Å². The standard InChI is InChI=1S/C27H36N6OS/c1-21-10-11-22(2)25(18-21)33-23(3)29-30-27(33)35-20-26(34)28-12-7-13-31-14-16-32(17-15-31)19-24-8-5-4-6-9-24/h4-6,8-11,18H,7,12-17,19-20H2,1-3H3,(H,28,34). The minimum Gasteiger partial charge on any atom is -0.355 e. The van der Waals surface area contributed by atoms with E-state index in [2.05, 4.69) is 87.7 Å². The van der Waals surface area contributed by atoms with Gasteiger partial charge in [0.1, 0.15) is 5.82 Å². The molecule has 1 amide bonds. The van der Waals surface area contributed by atoms with Crippen LogP contribution in [0.4, 0.5) is 0 Å². The van der Waals surface area contributed by atoms with Crippen molar-refractivity contribution in [2.24, 2.45) is 0 Å². The fourth-order valence-electron chi connectivity index (χ4n) is 4.40. The van der Waals surface area contributed by atoms with Crippen molar-refractivity contribution >= 4 is 17.7 Å². The summed E-state index contributed by atoms with van der Waals surface area (Å²) in [5.41, 5.74) is 4.79. The fraction of sp³-hybridized carbons (Fsp3) is 0.444. The number of carbonyl (C=O) groups is 1. The van der Waals surface area contributed by atoms with Crippen molar-refractivity contribution in [1.82, 2.24) is 29.9 Å². The Labute approximate surface area is 212 Å². The summed E-state index contributed by atoms with van der Waals surface area (Å²) < 4.78 is 2.04. The van der Waals surface area contributed by atoms with E-state index < -0.39 is 0 Å². The molecule has 7 nitrogen and oxygen atoms in total. The molecule has 1 aliphatic heterocycles. The predicted molar refractivity (Wildman–Crippen MR) is 142 cm³/mol. The minimum atomic E-state index is 0.0378. The van der Waals surface area contributed by atoms with Crippen molar-refractivity contribution in [2.75, 3.05) is 45.0 Å². The van der Waals surface area contributed by atoms with Gasteiger partial charge in [0, 0.05) is 39.3 Å². The number of piperazine rings is 1. The van der Waals surface area contributed by atoms with Crippen LogP contribution in [0.3, 0.4) is 0 Å². The summed E-state index contributed by atoms with van der Waals surface area (Å²) >= 11 is 1.43. The van der Waals surface area contributed by atoms with Crippen LogP contribution in [0.5, 0.6) is 0 Å². The zero-order valence-electron chi connectivity index (χ0n) is 21.0. The molecule has 0 saturated carbocycles. The first-order valence-corrected chi connectivity index (χ1v) is 13.4. The Balaban J connectivity index is 1.15. The van der Waals surface area contributed by atoms with Crippen molar-refractivity contribution in [3.8, 4) is 5.69 Å². The minimum absolute atomic E-state index is 0.0378. The molecule has 0 aliphatic carbocycles. The zero-order valence-corrected chi connectivity index (χ0v) is 21.9. The third-order valence-electron chi connectivity index (χ3n) is 6.42. The topological polar surface area (TPSA) is 66.3 Å². The van der Waals surface area contributed by atoms with Gasteiger partial charge in [-0.3, -0.25) is 14.3 Å². The third-order valence-corrected chi connectivity index (χ3v) is 7.35. The highest BCUT2D eigenvalue weighted by molar-refractivity contribution is 7.99. The monoisotopic (exact) mass is 492 g/mol. The van der Waals surface area contributed by atoms with Gasteiger partial charge in [-0.05, 0) is 56.5 Å². The van der Waals surface area contributed by atoms with Gasteiger partial charge >= 0.3 is 0 Å². The quantitative estimate of drug-likeness (QED) is 0.345. The van der Waals surface area contributed by atoms with Gasteiger partial charge in [-0.25, -0.2) is 0 Å². The lowest BCUT2D eigenvalue weighted by Gasteiger charge is -2.34. The van der Waals surface area contributed by atoms with Gasteiger partial charge in [0.25, 0.3) is 0 Å². The van der Waals surface area contributed by atoms with Crippen LogP contribution in [0.15, 0.2) is 53.7 Å². The van der Waals surface area contributed by atoms with E-state index in [1.807, 2.05) is 11.5 Å². The van der Waals surface area contributed by atoms with Crippen molar-refractivity contribution < 1.29 is 4.79 Å². The Morgan fingerprint density at radius 3 is 2.49 bits per heavy atom. The summed E-state index contributed by atoms with van der Waals surface area (Å²) in [5, 5.41) is 12.4. The Bertz CT molecular complexity index is 1110. The molecule has 1 aromatic heterocycles. The normalized spacial score (nSPS) is 14.8. The molecule has 1 aliphatic rings. The largest absolute Gasteiger partial charge is 0.355 e. The highest BCUT2D eigenvalue weighted by Gasteiger charge is 2.17. The first-order chi connectivity index (χ1) is 17.0. The lowest BCUT2D eigenvalue weighted by atomic mass is 10.1. The summed E-state index contributed by atoms with van der Waals surface area (Å²) in [4.78, 5) is 17.5.